The number of nitrogen functional groups attached to an aromatic ring is 1. The van der Waals surface area contributed by atoms with E-state index in [1.165, 1.54) is 0 Å². The maximum atomic E-state index is 12.2. The first-order chi connectivity index (χ1) is 8.18. The molecule has 1 saturated heterocycles. The molecule has 0 spiro atoms. The van der Waals surface area contributed by atoms with Crippen molar-refractivity contribution in [1.82, 2.24) is 4.90 Å². The number of ether oxygens (including phenoxy) is 1. The molecule has 1 aromatic carbocycles. The highest BCUT2D eigenvalue weighted by Crippen LogP contribution is 2.20. The Kier molecular flexibility index (Phi) is 3.86. The summed E-state index contributed by atoms with van der Waals surface area (Å²) in [6.07, 6.45) is 0.870. The lowest BCUT2D eigenvalue weighted by atomic mass is 10.1. The number of hydrogen-bond donors (Lipinski definition) is 1. The van der Waals surface area contributed by atoms with Crippen LogP contribution in [0.3, 0.4) is 0 Å². The third-order valence-corrected chi connectivity index (χ3v) is 3.10. The van der Waals surface area contributed by atoms with Crippen LogP contribution in [0.15, 0.2) is 18.2 Å². The largest absolute Gasteiger partial charge is 0.398 e. The molecule has 0 unspecified atom stereocenters. The predicted octanol–water partition coefficient (Wildman–Crippen LogP) is 1.78. The summed E-state index contributed by atoms with van der Waals surface area (Å²) in [5, 5.41) is 0.473. The number of benzene rings is 1. The Morgan fingerprint density at radius 3 is 2.94 bits per heavy atom. The van der Waals surface area contributed by atoms with Crippen LogP contribution in [-0.4, -0.2) is 37.1 Å². The van der Waals surface area contributed by atoms with Gasteiger partial charge >= 0.3 is 0 Å². The van der Waals surface area contributed by atoms with E-state index in [1.807, 2.05) is 0 Å². The monoisotopic (exact) mass is 254 g/mol. The van der Waals surface area contributed by atoms with Crippen LogP contribution in [-0.2, 0) is 4.74 Å². The Hall–Kier alpha value is -1.26. The summed E-state index contributed by atoms with van der Waals surface area (Å²) >= 11 is 5.83. The van der Waals surface area contributed by atoms with Gasteiger partial charge in [0.1, 0.15) is 0 Å². The molecular weight excluding hydrogens is 240 g/mol. The summed E-state index contributed by atoms with van der Waals surface area (Å²) in [5.41, 5.74) is 6.70. The van der Waals surface area contributed by atoms with Crippen LogP contribution in [0.4, 0.5) is 5.69 Å². The summed E-state index contributed by atoms with van der Waals surface area (Å²) in [6, 6.07) is 4.97. The standard InChI is InChI=1S/C12H15ClN2O2/c13-10-3-2-9(8-11(10)14)12(16)15-4-1-6-17-7-5-15/h2-3,8H,1,4-7,14H2. The Morgan fingerprint density at radius 2 is 2.18 bits per heavy atom. The van der Waals surface area contributed by atoms with Gasteiger partial charge in [-0.1, -0.05) is 11.6 Å². The van der Waals surface area contributed by atoms with Gasteiger partial charge in [0.05, 0.1) is 17.3 Å². The average molecular weight is 255 g/mol. The van der Waals surface area contributed by atoms with E-state index in [0.29, 0.717) is 36.0 Å². The van der Waals surface area contributed by atoms with E-state index < -0.39 is 0 Å². The van der Waals surface area contributed by atoms with Gasteiger partial charge < -0.3 is 15.4 Å². The van der Waals surface area contributed by atoms with Crippen LogP contribution < -0.4 is 5.73 Å². The van der Waals surface area contributed by atoms with Gasteiger partial charge in [0, 0.05) is 25.3 Å². The van der Waals surface area contributed by atoms with Gasteiger partial charge in [-0.2, -0.15) is 0 Å². The number of carbonyl (C=O) groups is 1. The summed E-state index contributed by atoms with van der Waals surface area (Å²) in [4.78, 5) is 14.0. The van der Waals surface area contributed by atoms with Crippen molar-refractivity contribution in [2.75, 3.05) is 32.0 Å². The number of carbonyl (C=O) groups excluding carboxylic acids is 1. The fourth-order valence-electron chi connectivity index (χ4n) is 1.81. The van der Waals surface area contributed by atoms with E-state index in [9.17, 15) is 4.79 Å². The van der Waals surface area contributed by atoms with Gasteiger partial charge in [-0.15, -0.1) is 0 Å². The topological polar surface area (TPSA) is 55.6 Å². The molecule has 1 aliphatic rings. The molecule has 17 heavy (non-hydrogen) atoms. The molecular formula is C12H15ClN2O2. The molecule has 2 rings (SSSR count). The van der Waals surface area contributed by atoms with Crippen molar-refractivity contribution in [3.8, 4) is 0 Å². The van der Waals surface area contributed by atoms with E-state index in [4.69, 9.17) is 22.1 Å². The van der Waals surface area contributed by atoms with Gasteiger partial charge in [-0.25, -0.2) is 0 Å². The molecule has 5 heteroatoms. The number of anilines is 1. The van der Waals surface area contributed by atoms with Gasteiger partial charge in [-0.05, 0) is 24.6 Å². The number of hydrogen-bond acceptors (Lipinski definition) is 3. The van der Waals surface area contributed by atoms with Gasteiger partial charge in [0.15, 0.2) is 0 Å². The van der Waals surface area contributed by atoms with Crippen molar-refractivity contribution in [1.29, 1.82) is 0 Å². The van der Waals surface area contributed by atoms with Crippen molar-refractivity contribution in [2.45, 2.75) is 6.42 Å². The highest BCUT2D eigenvalue weighted by molar-refractivity contribution is 6.33. The molecule has 4 nitrogen and oxygen atoms in total. The first-order valence-corrected chi connectivity index (χ1v) is 5.98. The minimum Gasteiger partial charge on any atom is -0.398 e. The first kappa shape index (κ1) is 12.2. The van der Waals surface area contributed by atoms with E-state index >= 15 is 0 Å². The maximum Gasteiger partial charge on any atom is 0.254 e. The van der Waals surface area contributed by atoms with E-state index in [1.54, 1.807) is 23.1 Å². The highest BCUT2D eigenvalue weighted by Gasteiger charge is 2.17. The zero-order valence-electron chi connectivity index (χ0n) is 9.49. The SMILES string of the molecule is Nc1cc(C(=O)N2CCCOCC2)ccc1Cl. The van der Waals surface area contributed by atoms with Crippen LogP contribution in [0.2, 0.25) is 5.02 Å². The van der Waals surface area contributed by atoms with Crippen LogP contribution in [0.1, 0.15) is 16.8 Å². The summed E-state index contributed by atoms with van der Waals surface area (Å²) in [7, 11) is 0. The lowest BCUT2D eigenvalue weighted by Gasteiger charge is -2.19. The average Bonchev–Trinajstić information content (AvgIpc) is 2.60. The zero-order valence-corrected chi connectivity index (χ0v) is 10.2. The number of nitrogens with zero attached hydrogens (tertiary/aromatic N) is 1. The molecule has 0 radical (unpaired) electrons. The summed E-state index contributed by atoms with van der Waals surface area (Å²) < 4.78 is 5.31. The summed E-state index contributed by atoms with van der Waals surface area (Å²) in [5.74, 6) is -0.0149. The van der Waals surface area contributed by atoms with Crippen LogP contribution >= 0.6 is 11.6 Å². The van der Waals surface area contributed by atoms with Crippen LogP contribution in [0.25, 0.3) is 0 Å². The van der Waals surface area contributed by atoms with Gasteiger partial charge in [0.2, 0.25) is 0 Å². The minimum atomic E-state index is -0.0149. The van der Waals surface area contributed by atoms with Crippen LogP contribution in [0.5, 0.6) is 0 Å². The second-order valence-electron chi connectivity index (χ2n) is 3.99. The third-order valence-electron chi connectivity index (χ3n) is 2.75. The molecule has 2 N–H and O–H groups in total. The van der Waals surface area contributed by atoms with E-state index in [2.05, 4.69) is 0 Å². The van der Waals surface area contributed by atoms with E-state index in [0.717, 1.165) is 13.0 Å². The molecule has 1 amide bonds. The van der Waals surface area contributed by atoms with Crippen LogP contribution in [0, 0.1) is 0 Å². The van der Waals surface area contributed by atoms with Crippen molar-refractivity contribution in [3.05, 3.63) is 28.8 Å². The Morgan fingerprint density at radius 1 is 1.35 bits per heavy atom. The molecule has 1 aliphatic heterocycles. The van der Waals surface area contributed by atoms with Gasteiger partial charge in [0.25, 0.3) is 5.91 Å². The molecule has 0 saturated carbocycles. The highest BCUT2D eigenvalue weighted by atomic mass is 35.5. The minimum absolute atomic E-state index is 0.0149. The first-order valence-electron chi connectivity index (χ1n) is 5.60. The fourth-order valence-corrected chi connectivity index (χ4v) is 1.93. The quantitative estimate of drug-likeness (QED) is 0.778. The zero-order chi connectivity index (χ0) is 12.3. The molecule has 0 bridgehead atoms. The summed E-state index contributed by atoms with van der Waals surface area (Å²) in [6.45, 7) is 2.66. The number of halogens is 1. The molecule has 1 heterocycles. The molecule has 0 aliphatic carbocycles. The predicted molar refractivity (Wildman–Crippen MR) is 67.2 cm³/mol. The van der Waals surface area contributed by atoms with Crippen molar-refractivity contribution >= 4 is 23.2 Å². The molecule has 0 aromatic heterocycles. The molecule has 92 valence electrons. The second kappa shape index (κ2) is 5.38. The molecule has 0 atom stereocenters. The molecule has 1 fully saturated rings. The Bertz CT molecular complexity index is 415. The smallest absolute Gasteiger partial charge is 0.254 e. The lowest BCUT2D eigenvalue weighted by Crippen LogP contribution is -2.33. The van der Waals surface area contributed by atoms with E-state index in [-0.39, 0.29) is 5.91 Å². The lowest BCUT2D eigenvalue weighted by molar-refractivity contribution is 0.0741. The maximum absolute atomic E-state index is 12.2. The number of amides is 1. The normalized spacial score (nSPS) is 16.6. The number of rotatable bonds is 1. The van der Waals surface area contributed by atoms with Crippen molar-refractivity contribution in [3.63, 3.8) is 0 Å². The third kappa shape index (κ3) is 2.90. The molecule has 1 aromatic rings. The second-order valence-corrected chi connectivity index (χ2v) is 4.40. The van der Waals surface area contributed by atoms with Gasteiger partial charge in [-0.3, -0.25) is 4.79 Å². The van der Waals surface area contributed by atoms with Crippen molar-refractivity contribution < 1.29 is 9.53 Å². The fraction of sp³-hybridized carbons (Fsp3) is 0.417. The number of nitrogens with two attached hydrogens (primary N) is 1. The Balaban J connectivity index is 2.14. The van der Waals surface area contributed by atoms with Crippen molar-refractivity contribution in [2.24, 2.45) is 0 Å². The Labute approximate surface area is 105 Å².